The molecule has 1 nitrogen and oxygen atoms in total. The highest BCUT2D eigenvalue weighted by molar-refractivity contribution is 7.10. The fourth-order valence-electron chi connectivity index (χ4n) is 2.43. The van der Waals surface area contributed by atoms with E-state index in [0.717, 1.165) is 6.42 Å². The molecule has 1 aromatic heterocycles. The number of thiophene rings is 1. The van der Waals surface area contributed by atoms with E-state index < -0.39 is 0 Å². The summed E-state index contributed by atoms with van der Waals surface area (Å²) in [5, 5.41) is 2.36. The SMILES string of the molecule is NC1(Cc2csc3c2CCCC3)CC1. The molecule has 0 aromatic carbocycles. The summed E-state index contributed by atoms with van der Waals surface area (Å²) in [7, 11) is 0. The van der Waals surface area contributed by atoms with Crippen LogP contribution < -0.4 is 5.73 Å². The summed E-state index contributed by atoms with van der Waals surface area (Å²) in [6.45, 7) is 0. The Balaban J connectivity index is 1.87. The van der Waals surface area contributed by atoms with Crippen molar-refractivity contribution in [1.82, 2.24) is 0 Å². The Morgan fingerprint density at radius 2 is 2.07 bits per heavy atom. The Morgan fingerprint density at radius 3 is 2.86 bits per heavy atom. The van der Waals surface area contributed by atoms with E-state index in [1.165, 1.54) is 38.5 Å². The molecule has 3 rings (SSSR count). The third kappa shape index (κ3) is 1.51. The van der Waals surface area contributed by atoms with Gasteiger partial charge in [-0.05, 0) is 61.5 Å². The second-order valence-corrected chi connectivity index (χ2v) is 5.87. The van der Waals surface area contributed by atoms with E-state index in [-0.39, 0.29) is 5.54 Å². The second-order valence-electron chi connectivity index (χ2n) is 4.91. The van der Waals surface area contributed by atoms with Gasteiger partial charge in [0, 0.05) is 10.4 Å². The summed E-state index contributed by atoms with van der Waals surface area (Å²) in [6, 6.07) is 0. The summed E-state index contributed by atoms with van der Waals surface area (Å²) < 4.78 is 0. The molecule has 1 aromatic rings. The van der Waals surface area contributed by atoms with E-state index in [4.69, 9.17) is 5.73 Å². The molecule has 1 fully saturated rings. The molecule has 0 unspecified atom stereocenters. The summed E-state index contributed by atoms with van der Waals surface area (Å²) in [6.07, 6.45) is 9.00. The fraction of sp³-hybridized carbons (Fsp3) is 0.667. The van der Waals surface area contributed by atoms with Crippen molar-refractivity contribution < 1.29 is 0 Å². The van der Waals surface area contributed by atoms with Gasteiger partial charge in [0.15, 0.2) is 0 Å². The van der Waals surface area contributed by atoms with Crippen LogP contribution in [0, 0.1) is 0 Å². The van der Waals surface area contributed by atoms with Gasteiger partial charge in [0.2, 0.25) is 0 Å². The van der Waals surface area contributed by atoms with Crippen molar-refractivity contribution in [3.8, 4) is 0 Å². The van der Waals surface area contributed by atoms with Gasteiger partial charge >= 0.3 is 0 Å². The first kappa shape index (κ1) is 8.93. The van der Waals surface area contributed by atoms with Crippen molar-refractivity contribution in [2.45, 2.75) is 50.5 Å². The van der Waals surface area contributed by atoms with Gasteiger partial charge in [-0.15, -0.1) is 11.3 Å². The molecule has 0 spiro atoms. The highest BCUT2D eigenvalue weighted by Crippen LogP contribution is 2.39. The lowest BCUT2D eigenvalue weighted by Gasteiger charge is -2.14. The standard InChI is InChI=1S/C12H17NS/c13-12(5-6-12)7-9-8-14-11-4-2-1-3-10(9)11/h8H,1-7,13H2. The molecule has 0 aliphatic heterocycles. The van der Waals surface area contributed by atoms with Crippen molar-refractivity contribution in [3.63, 3.8) is 0 Å². The molecule has 76 valence electrons. The van der Waals surface area contributed by atoms with Crippen LogP contribution in [-0.4, -0.2) is 5.54 Å². The van der Waals surface area contributed by atoms with E-state index in [2.05, 4.69) is 5.38 Å². The van der Waals surface area contributed by atoms with Crippen LogP contribution >= 0.6 is 11.3 Å². The van der Waals surface area contributed by atoms with Gasteiger partial charge in [-0.2, -0.15) is 0 Å². The third-order valence-corrected chi connectivity index (χ3v) is 4.72. The van der Waals surface area contributed by atoms with E-state index in [9.17, 15) is 0 Å². The minimum atomic E-state index is 0.187. The number of hydrogen-bond donors (Lipinski definition) is 1. The maximum atomic E-state index is 6.18. The van der Waals surface area contributed by atoms with Gasteiger partial charge in [-0.25, -0.2) is 0 Å². The van der Waals surface area contributed by atoms with E-state index in [1.807, 2.05) is 11.3 Å². The van der Waals surface area contributed by atoms with Crippen LogP contribution in [0.25, 0.3) is 0 Å². The van der Waals surface area contributed by atoms with E-state index in [1.54, 1.807) is 16.0 Å². The van der Waals surface area contributed by atoms with E-state index in [0.29, 0.717) is 0 Å². The first-order chi connectivity index (χ1) is 6.77. The summed E-state index contributed by atoms with van der Waals surface area (Å²) in [5.74, 6) is 0. The highest BCUT2D eigenvalue weighted by Gasteiger charge is 2.38. The normalized spacial score (nSPS) is 23.2. The van der Waals surface area contributed by atoms with Crippen LogP contribution in [-0.2, 0) is 19.3 Å². The minimum Gasteiger partial charge on any atom is -0.325 e. The lowest BCUT2D eigenvalue weighted by atomic mass is 9.93. The Morgan fingerprint density at radius 1 is 1.29 bits per heavy atom. The summed E-state index contributed by atoms with van der Waals surface area (Å²) in [5.41, 5.74) is 9.60. The van der Waals surface area contributed by atoms with Crippen LogP contribution in [0.15, 0.2) is 5.38 Å². The van der Waals surface area contributed by atoms with Crippen LogP contribution in [0.2, 0.25) is 0 Å². The smallest absolute Gasteiger partial charge is 0.0196 e. The molecule has 2 heteroatoms. The Labute approximate surface area is 89.3 Å². The molecular weight excluding hydrogens is 190 g/mol. The number of aryl methyl sites for hydroxylation is 1. The predicted octanol–water partition coefficient (Wildman–Crippen LogP) is 2.66. The molecule has 1 saturated carbocycles. The number of fused-ring (bicyclic) bond motifs is 1. The number of rotatable bonds is 2. The van der Waals surface area contributed by atoms with Crippen LogP contribution in [0.5, 0.6) is 0 Å². The van der Waals surface area contributed by atoms with Crippen molar-refractivity contribution in [2.24, 2.45) is 5.73 Å². The third-order valence-electron chi connectivity index (χ3n) is 3.58. The van der Waals surface area contributed by atoms with Crippen molar-refractivity contribution in [3.05, 3.63) is 21.4 Å². The zero-order valence-corrected chi connectivity index (χ0v) is 9.33. The molecule has 0 amide bonds. The van der Waals surface area contributed by atoms with Crippen LogP contribution in [0.1, 0.15) is 41.7 Å². The molecule has 14 heavy (non-hydrogen) atoms. The fourth-order valence-corrected chi connectivity index (χ4v) is 3.57. The molecule has 0 saturated heterocycles. The summed E-state index contributed by atoms with van der Waals surface area (Å²) >= 11 is 1.96. The quantitative estimate of drug-likeness (QED) is 0.792. The lowest BCUT2D eigenvalue weighted by Crippen LogP contribution is -2.25. The monoisotopic (exact) mass is 207 g/mol. The maximum absolute atomic E-state index is 6.18. The number of hydrogen-bond acceptors (Lipinski definition) is 2. The molecule has 2 aliphatic carbocycles. The highest BCUT2D eigenvalue weighted by atomic mass is 32.1. The molecule has 2 N–H and O–H groups in total. The first-order valence-corrected chi connectivity index (χ1v) is 6.52. The zero-order valence-electron chi connectivity index (χ0n) is 8.51. The van der Waals surface area contributed by atoms with Gasteiger partial charge in [0.05, 0.1) is 0 Å². The van der Waals surface area contributed by atoms with E-state index >= 15 is 0 Å². The van der Waals surface area contributed by atoms with Gasteiger partial charge in [0.1, 0.15) is 0 Å². The summed E-state index contributed by atoms with van der Waals surface area (Å²) in [4.78, 5) is 1.65. The van der Waals surface area contributed by atoms with Crippen molar-refractivity contribution in [2.75, 3.05) is 0 Å². The molecule has 2 aliphatic rings. The molecule has 0 radical (unpaired) electrons. The van der Waals surface area contributed by atoms with Crippen molar-refractivity contribution in [1.29, 1.82) is 0 Å². The number of nitrogens with two attached hydrogens (primary N) is 1. The molecule has 0 bridgehead atoms. The maximum Gasteiger partial charge on any atom is 0.0196 e. The van der Waals surface area contributed by atoms with Gasteiger partial charge in [-0.3, -0.25) is 0 Å². The molecule has 0 atom stereocenters. The van der Waals surface area contributed by atoms with Gasteiger partial charge in [0.25, 0.3) is 0 Å². The largest absolute Gasteiger partial charge is 0.325 e. The average molecular weight is 207 g/mol. The Kier molecular flexibility index (Phi) is 1.96. The zero-order chi connectivity index (χ0) is 9.60. The van der Waals surface area contributed by atoms with Crippen molar-refractivity contribution >= 4 is 11.3 Å². The Bertz CT molecular complexity index is 349. The lowest BCUT2D eigenvalue weighted by molar-refractivity contribution is 0.649. The topological polar surface area (TPSA) is 26.0 Å². The second kappa shape index (κ2) is 3.07. The van der Waals surface area contributed by atoms with Gasteiger partial charge in [-0.1, -0.05) is 0 Å². The first-order valence-electron chi connectivity index (χ1n) is 5.64. The Hall–Kier alpha value is -0.340. The average Bonchev–Trinajstić information content (AvgIpc) is 2.77. The molecular formula is C12H17NS. The van der Waals surface area contributed by atoms with Crippen LogP contribution in [0.3, 0.4) is 0 Å². The molecule has 1 heterocycles. The predicted molar refractivity (Wildman–Crippen MR) is 60.8 cm³/mol. The van der Waals surface area contributed by atoms with Crippen LogP contribution in [0.4, 0.5) is 0 Å². The van der Waals surface area contributed by atoms with Gasteiger partial charge < -0.3 is 5.73 Å². The minimum absolute atomic E-state index is 0.187.